The molecule has 4 rings (SSSR count). The number of ether oxygens (including phenoxy) is 1. The number of rotatable bonds is 5. The highest BCUT2D eigenvalue weighted by Crippen LogP contribution is 2.29. The van der Waals surface area contributed by atoms with Crippen molar-refractivity contribution in [2.45, 2.75) is 25.0 Å². The first kappa shape index (κ1) is 16.4. The lowest BCUT2D eigenvalue weighted by molar-refractivity contribution is -0.128. The number of fused-ring (bicyclic) bond motifs is 1. The molecule has 0 aliphatic carbocycles. The van der Waals surface area contributed by atoms with Crippen molar-refractivity contribution in [1.29, 1.82) is 0 Å². The van der Waals surface area contributed by atoms with Crippen LogP contribution in [0.4, 0.5) is 0 Å². The molecule has 3 aromatic carbocycles. The van der Waals surface area contributed by atoms with Crippen LogP contribution in [0.15, 0.2) is 84.9 Å². The summed E-state index contributed by atoms with van der Waals surface area (Å²) >= 11 is 0. The van der Waals surface area contributed by atoms with Crippen LogP contribution in [0.2, 0.25) is 0 Å². The largest absolute Gasteiger partial charge is 0.480 e. The maximum Gasteiger partial charge on any atom is 0.261 e. The lowest BCUT2D eigenvalue weighted by Gasteiger charge is -2.21. The zero-order chi connectivity index (χ0) is 17.8. The normalized spacial score (nSPS) is 16.4. The Morgan fingerprint density at radius 2 is 1.58 bits per heavy atom. The van der Waals surface area contributed by atoms with Gasteiger partial charge in [0.25, 0.3) is 5.91 Å². The van der Waals surface area contributed by atoms with E-state index < -0.39 is 6.10 Å². The zero-order valence-corrected chi connectivity index (χ0v) is 14.5. The summed E-state index contributed by atoms with van der Waals surface area (Å²) in [6, 6.07) is 28.1. The molecule has 0 radical (unpaired) electrons. The van der Waals surface area contributed by atoms with Gasteiger partial charge in [0.15, 0.2) is 6.10 Å². The van der Waals surface area contributed by atoms with Crippen molar-refractivity contribution in [3.05, 3.63) is 102 Å². The molecule has 0 bridgehead atoms. The number of para-hydroxylation sites is 1. The van der Waals surface area contributed by atoms with Gasteiger partial charge in [-0.3, -0.25) is 4.79 Å². The van der Waals surface area contributed by atoms with Crippen molar-refractivity contribution in [3.63, 3.8) is 0 Å². The summed E-state index contributed by atoms with van der Waals surface area (Å²) in [7, 11) is 0. The van der Waals surface area contributed by atoms with E-state index >= 15 is 0 Å². The molecule has 0 unspecified atom stereocenters. The molecule has 1 heterocycles. The Morgan fingerprint density at radius 1 is 0.923 bits per heavy atom. The molecule has 0 spiro atoms. The second-order valence-electron chi connectivity index (χ2n) is 6.58. The third kappa shape index (κ3) is 3.62. The quantitative estimate of drug-likeness (QED) is 0.758. The minimum absolute atomic E-state index is 0.0639. The van der Waals surface area contributed by atoms with Gasteiger partial charge in [0.05, 0.1) is 6.04 Å². The van der Waals surface area contributed by atoms with Gasteiger partial charge in [-0.05, 0) is 29.2 Å². The van der Waals surface area contributed by atoms with Gasteiger partial charge < -0.3 is 10.1 Å². The molecular weight excluding hydrogens is 322 g/mol. The molecule has 3 heteroatoms. The third-order valence-electron chi connectivity index (χ3n) is 4.74. The summed E-state index contributed by atoms with van der Waals surface area (Å²) in [5, 5.41) is 3.19. The van der Waals surface area contributed by atoms with Gasteiger partial charge in [-0.2, -0.15) is 0 Å². The Kier molecular flexibility index (Phi) is 4.69. The predicted octanol–water partition coefficient (Wildman–Crippen LogP) is 4.09. The number of hydrogen-bond acceptors (Lipinski definition) is 2. The summed E-state index contributed by atoms with van der Waals surface area (Å²) < 4.78 is 5.84. The molecule has 0 saturated carbocycles. The zero-order valence-electron chi connectivity index (χ0n) is 14.5. The van der Waals surface area contributed by atoms with E-state index in [1.807, 2.05) is 60.7 Å². The average molecular weight is 343 g/mol. The van der Waals surface area contributed by atoms with Gasteiger partial charge in [-0.15, -0.1) is 0 Å². The van der Waals surface area contributed by atoms with Crippen LogP contribution in [0.5, 0.6) is 5.75 Å². The Bertz CT molecular complexity index is 852. The number of amides is 1. The SMILES string of the molecule is O=C(N[C@H](Cc1ccccc1)c1ccccc1)[C@H]1Cc2ccccc2O1. The van der Waals surface area contributed by atoms with Gasteiger partial charge in [-0.1, -0.05) is 78.9 Å². The van der Waals surface area contributed by atoms with Gasteiger partial charge in [0, 0.05) is 6.42 Å². The van der Waals surface area contributed by atoms with Gasteiger partial charge in [0.2, 0.25) is 0 Å². The number of carbonyl (C=O) groups is 1. The number of hydrogen-bond donors (Lipinski definition) is 1. The number of benzene rings is 3. The van der Waals surface area contributed by atoms with E-state index in [9.17, 15) is 4.79 Å². The van der Waals surface area contributed by atoms with E-state index in [4.69, 9.17) is 4.74 Å². The molecule has 130 valence electrons. The van der Waals surface area contributed by atoms with Crippen LogP contribution in [0.1, 0.15) is 22.7 Å². The van der Waals surface area contributed by atoms with Crippen LogP contribution >= 0.6 is 0 Å². The van der Waals surface area contributed by atoms with Gasteiger partial charge >= 0.3 is 0 Å². The summed E-state index contributed by atoms with van der Waals surface area (Å²) in [5.74, 6) is 0.748. The maximum atomic E-state index is 12.9. The molecule has 0 saturated heterocycles. The van der Waals surface area contributed by atoms with Crippen LogP contribution in [-0.2, 0) is 17.6 Å². The molecule has 1 aliphatic heterocycles. The summed E-state index contributed by atoms with van der Waals surface area (Å²) in [6.07, 6.45) is 0.903. The Morgan fingerprint density at radius 3 is 2.31 bits per heavy atom. The lowest BCUT2D eigenvalue weighted by atomic mass is 9.98. The van der Waals surface area contributed by atoms with E-state index in [-0.39, 0.29) is 11.9 Å². The van der Waals surface area contributed by atoms with Crippen LogP contribution in [-0.4, -0.2) is 12.0 Å². The van der Waals surface area contributed by atoms with Crippen molar-refractivity contribution >= 4 is 5.91 Å². The molecular formula is C23H21NO2. The van der Waals surface area contributed by atoms with Crippen molar-refractivity contribution in [1.82, 2.24) is 5.32 Å². The highest BCUT2D eigenvalue weighted by Gasteiger charge is 2.30. The van der Waals surface area contributed by atoms with Crippen molar-refractivity contribution < 1.29 is 9.53 Å². The highest BCUT2D eigenvalue weighted by atomic mass is 16.5. The first-order valence-corrected chi connectivity index (χ1v) is 8.93. The summed E-state index contributed by atoms with van der Waals surface area (Å²) in [6.45, 7) is 0. The minimum Gasteiger partial charge on any atom is -0.480 e. The van der Waals surface area contributed by atoms with E-state index in [0.29, 0.717) is 6.42 Å². The fourth-order valence-corrected chi connectivity index (χ4v) is 3.38. The standard InChI is InChI=1S/C23H21NO2/c25-23(22-16-19-13-7-8-14-21(19)26-22)24-20(18-11-5-2-6-12-18)15-17-9-3-1-4-10-17/h1-14,20,22H,15-16H2,(H,24,25)/t20-,22-/m1/s1. The molecule has 2 atom stereocenters. The van der Waals surface area contributed by atoms with Crippen molar-refractivity contribution in [2.24, 2.45) is 0 Å². The molecule has 26 heavy (non-hydrogen) atoms. The first-order chi connectivity index (χ1) is 12.8. The van der Waals surface area contributed by atoms with E-state index in [2.05, 4.69) is 29.6 Å². The second-order valence-corrected chi connectivity index (χ2v) is 6.58. The lowest BCUT2D eigenvalue weighted by Crippen LogP contribution is -2.40. The van der Waals surface area contributed by atoms with Crippen LogP contribution in [0.25, 0.3) is 0 Å². The fourth-order valence-electron chi connectivity index (χ4n) is 3.38. The van der Waals surface area contributed by atoms with Crippen molar-refractivity contribution in [3.8, 4) is 5.75 Å². The molecule has 3 nitrogen and oxygen atoms in total. The van der Waals surface area contributed by atoms with Gasteiger partial charge in [-0.25, -0.2) is 0 Å². The van der Waals surface area contributed by atoms with E-state index in [1.165, 1.54) is 5.56 Å². The summed E-state index contributed by atoms with van der Waals surface area (Å²) in [5.41, 5.74) is 3.38. The van der Waals surface area contributed by atoms with E-state index in [0.717, 1.165) is 23.3 Å². The average Bonchev–Trinajstić information content (AvgIpc) is 3.13. The monoisotopic (exact) mass is 343 g/mol. The minimum atomic E-state index is -0.464. The Balaban J connectivity index is 1.51. The smallest absolute Gasteiger partial charge is 0.261 e. The first-order valence-electron chi connectivity index (χ1n) is 8.93. The number of carbonyl (C=O) groups excluding carboxylic acids is 1. The predicted molar refractivity (Wildman–Crippen MR) is 102 cm³/mol. The highest BCUT2D eigenvalue weighted by molar-refractivity contribution is 5.83. The Labute approximate surface area is 153 Å². The molecule has 0 aromatic heterocycles. The molecule has 0 fully saturated rings. The molecule has 3 aromatic rings. The van der Waals surface area contributed by atoms with Crippen molar-refractivity contribution in [2.75, 3.05) is 0 Å². The maximum absolute atomic E-state index is 12.9. The van der Waals surface area contributed by atoms with Crippen LogP contribution in [0.3, 0.4) is 0 Å². The van der Waals surface area contributed by atoms with Crippen LogP contribution in [0, 0.1) is 0 Å². The van der Waals surface area contributed by atoms with E-state index in [1.54, 1.807) is 0 Å². The molecule has 1 amide bonds. The molecule has 1 aliphatic rings. The topological polar surface area (TPSA) is 38.3 Å². The number of nitrogens with one attached hydrogen (secondary N) is 1. The summed E-state index contributed by atoms with van der Waals surface area (Å²) in [4.78, 5) is 12.9. The third-order valence-corrected chi connectivity index (χ3v) is 4.74. The van der Waals surface area contributed by atoms with Gasteiger partial charge in [0.1, 0.15) is 5.75 Å². The fraction of sp³-hybridized carbons (Fsp3) is 0.174. The Hall–Kier alpha value is -3.07. The molecule has 1 N–H and O–H groups in total. The van der Waals surface area contributed by atoms with Crippen LogP contribution < -0.4 is 10.1 Å². The second kappa shape index (κ2) is 7.44.